The van der Waals surface area contributed by atoms with Crippen LogP contribution in [0.2, 0.25) is 0 Å². The second-order valence-electron chi connectivity index (χ2n) is 10.0. The van der Waals surface area contributed by atoms with E-state index >= 15 is 0 Å². The lowest BCUT2D eigenvalue weighted by atomic mass is 9.71. The second kappa shape index (κ2) is 9.82. The summed E-state index contributed by atoms with van der Waals surface area (Å²) in [4.78, 5) is 28.9. The number of hydrogen-bond donors (Lipinski definition) is 1. The highest BCUT2D eigenvalue weighted by Crippen LogP contribution is 2.42. The minimum atomic E-state index is -4.52. The summed E-state index contributed by atoms with van der Waals surface area (Å²) in [5.74, 6) is -0.999. The average Bonchev–Trinajstić information content (AvgIpc) is 3.32. The van der Waals surface area contributed by atoms with Crippen molar-refractivity contribution in [2.75, 3.05) is 32.8 Å². The topological polar surface area (TPSA) is 101 Å². The normalized spacial score (nSPS) is 20.8. The summed E-state index contributed by atoms with van der Waals surface area (Å²) in [5, 5.41) is 10.9. The lowest BCUT2D eigenvalue weighted by Gasteiger charge is -2.54. The number of nitrogens with one attached hydrogen (secondary N) is 1. The second-order valence-corrected chi connectivity index (χ2v) is 10.0. The monoisotopic (exact) mass is 525 g/mol. The molecule has 0 radical (unpaired) electrons. The fourth-order valence-corrected chi connectivity index (χ4v) is 5.28. The predicted octanol–water partition coefficient (Wildman–Crippen LogP) is 3.25. The molecule has 2 fully saturated rings. The number of nitrogens with zero attached hydrogens (tertiary/aromatic N) is 4. The molecule has 0 bridgehead atoms. The van der Waals surface area contributed by atoms with Gasteiger partial charge in [-0.05, 0) is 37.8 Å². The molecule has 1 aliphatic carbocycles. The maximum Gasteiger partial charge on any atom is 0.422 e. The van der Waals surface area contributed by atoms with E-state index in [1.54, 1.807) is 4.90 Å². The number of alkyl halides is 3. The number of hydrogen-bond acceptors (Lipinski definition) is 6. The van der Waals surface area contributed by atoms with Crippen molar-refractivity contribution in [3.8, 4) is 5.75 Å². The van der Waals surface area contributed by atoms with Gasteiger partial charge in [0.15, 0.2) is 6.61 Å². The zero-order valence-corrected chi connectivity index (χ0v) is 20.0. The number of carbonyl (C=O) groups is 2. The third-order valence-corrected chi connectivity index (χ3v) is 7.45. The molecular formula is C24H27F4N5O4. The van der Waals surface area contributed by atoms with Crippen LogP contribution in [-0.2, 0) is 29.0 Å². The van der Waals surface area contributed by atoms with E-state index in [9.17, 15) is 27.2 Å². The highest BCUT2D eigenvalue weighted by atomic mass is 19.4. The van der Waals surface area contributed by atoms with Gasteiger partial charge in [0.1, 0.15) is 18.2 Å². The first-order valence-corrected chi connectivity index (χ1v) is 12.2. The Morgan fingerprint density at radius 3 is 2.54 bits per heavy atom. The van der Waals surface area contributed by atoms with E-state index in [0.29, 0.717) is 32.6 Å². The molecule has 2 aliphatic heterocycles. The Balaban J connectivity index is 1.05. The molecule has 5 rings (SSSR count). The maximum absolute atomic E-state index is 14.2. The molecule has 3 heterocycles. The molecule has 1 atom stereocenters. The fourth-order valence-electron chi connectivity index (χ4n) is 5.28. The molecular weight excluding hydrogens is 498 g/mol. The molecule has 13 heteroatoms. The van der Waals surface area contributed by atoms with Crippen LogP contribution in [0.5, 0.6) is 5.75 Å². The summed E-state index contributed by atoms with van der Waals surface area (Å²) in [6.45, 7) is 0.421. The predicted molar refractivity (Wildman–Crippen MR) is 120 cm³/mol. The number of H-pyrrole nitrogens is 1. The van der Waals surface area contributed by atoms with Gasteiger partial charge in [-0.2, -0.15) is 28.6 Å². The van der Waals surface area contributed by atoms with Crippen LogP contribution < -0.4 is 4.74 Å². The molecule has 1 spiro atoms. The van der Waals surface area contributed by atoms with Gasteiger partial charge in [0, 0.05) is 55.6 Å². The zero-order chi connectivity index (χ0) is 26.2. The van der Waals surface area contributed by atoms with Crippen molar-refractivity contribution >= 4 is 12.0 Å². The van der Waals surface area contributed by atoms with Gasteiger partial charge in [-0.3, -0.25) is 4.79 Å². The van der Waals surface area contributed by atoms with Gasteiger partial charge < -0.3 is 19.3 Å². The van der Waals surface area contributed by atoms with Crippen molar-refractivity contribution < 1.29 is 36.6 Å². The third kappa shape index (κ3) is 5.64. The molecule has 9 nitrogen and oxygen atoms in total. The number of aromatic amines is 1. The zero-order valence-electron chi connectivity index (χ0n) is 20.0. The Morgan fingerprint density at radius 1 is 1.11 bits per heavy atom. The van der Waals surface area contributed by atoms with Crippen molar-refractivity contribution in [1.82, 2.24) is 25.2 Å². The summed E-state index contributed by atoms with van der Waals surface area (Å²) < 4.78 is 60.7. The molecule has 0 unspecified atom stereocenters. The number of carbonyl (C=O) groups excluding carboxylic acids is 2. The number of fused-ring (bicyclic) bond motifs is 1. The Hall–Kier alpha value is -3.38. The van der Waals surface area contributed by atoms with Crippen molar-refractivity contribution in [3.05, 3.63) is 41.0 Å². The Labute approximate surface area is 210 Å². The van der Waals surface area contributed by atoms with E-state index in [2.05, 4.69) is 20.1 Å². The summed E-state index contributed by atoms with van der Waals surface area (Å²) >= 11 is 0. The van der Waals surface area contributed by atoms with Crippen LogP contribution in [0, 0.1) is 17.2 Å². The Morgan fingerprint density at radius 2 is 1.84 bits per heavy atom. The number of likely N-dealkylation sites (tertiary alicyclic amines) is 2. The van der Waals surface area contributed by atoms with Crippen LogP contribution in [0.1, 0.15) is 36.2 Å². The molecule has 1 N–H and O–H groups in total. The summed E-state index contributed by atoms with van der Waals surface area (Å²) in [6.07, 6.45) is -1.50. The van der Waals surface area contributed by atoms with Crippen molar-refractivity contribution in [2.24, 2.45) is 11.3 Å². The van der Waals surface area contributed by atoms with Crippen LogP contribution in [0.4, 0.5) is 22.4 Å². The number of rotatable bonds is 5. The van der Waals surface area contributed by atoms with Gasteiger partial charge in [0.2, 0.25) is 5.91 Å². The molecule has 2 saturated heterocycles. The van der Waals surface area contributed by atoms with Gasteiger partial charge in [-0.25, -0.2) is 9.18 Å². The molecule has 2 amide bonds. The number of aromatic nitrogens is 3. The van der Waals surface area contributed by atoms with E-state index < -0.39 is 24.7 Å². The first-order valence-electron chi connectivity index (χ1n) is 12.2. The summed E-state index contributed by atoms with van der Waals surface area (Å²) in [5.41, 5.74) is 1.85. The van der Waals surface area contributed by atoms with Crippen molar-refractivity contribution in [3.63, 3.8) is 0 Å². The van der Waals surface area contributed by atoms with Crippen LogP contribution >= 0.6 is 0 Å². The van der Waals surface area contributed by atoms with E-state index in [-0.39, 0.29) is 35.2 Å². The molecule has 1 aromatic carbocycles. The van der Waals surface area contributed by atoms with E-state index in [1.165, 1.54) is 12.1 Å². The highest BCUT2D eigenvalue weighted by Gasteiger charge is 2.48. The molecule has 200 valence electrons. The van der Waals surface area contributed by atoms with Crippen molar-refractivity contribution in [2.45, 2.75) is 44.9 Å². The van der Waals surface area contributed by atoms with Gasteiger partial charge in [-0.15, -0.1) is 0 Å². The fraction of sp³-hybridized carbons (Fsp3) is 0.583. The minimum absolute atomic E-state index is 0.00148. The standard InChI is InChI=1S/C24H27F4N5O4/c25-18-10-17(37-14-24(26,27)28)3-1-16(18)11-36-22(35)32-7-5-23(6-8-32)12-33(13-23)21(34)15-2-4-19-20(9-15)30-31-29-19/h1,3,10,15H,2,4-9,11-14H2,(H,29,30,31)/t15-/m1/s1. The average molecular weight is 526 g/mol. The van der Waals surface area contributed by atoms with Crippen LogP contribution in [0.25, 0.3) is 0 Å². The van der Waals surface area contributed by atoms with E-state index in [0.717, 1.165) is 43.1 Å². The minimum Gasteiger partial charge on any atom is -0.484 e. The van der Waals surface area contributed by atoms with Crippen LogP contribution in [0.15, 0.2) is 18.2 Å². The first-order chi connectivity index (χ1) is 17.6. The number of benzene rings is 1. The SMILES string of the molecule is O=C(OCc1ccc(OCC(F)(F)F)cc1F)N1CCC2(CC1)CN(C(=O)[C@@H]1CCc3n[nH]nc3C1)C2. The summed E-state index contributed by atoms with van der Waals surface area (Å²) in [7, 11) is 0. The van der Waals surface area contributed by atoms with Gasteiger partial charge >= 0.3 is 12.3 Å². The number of halogens is 4. The van der Waals surface area contributed by atoms with Gasteiger partial charge in [-0.1, -0.05) is 0 Å². The van der Waals surface area contributed by atoms with Crippen LogP contribution in [-0.4, -0.2) is 76.2 Å². The van der Waals surface area contributed by atoms with Gasteiger partial charge in [0.25, 0.3) is 0 Å². The lowest BCUT2D eigenvalue weighted by Crippen LogP contribution is -2.63. The third-order valence-electron chi connectivity index (χ3n) is 7.45. The van der Waals surface area contributed by atoms with Crippen molar-refractivity contribution in [1.29, 1.82) is 0 Å². The molecule has 1 aromatic heterocycles. The maximum atomic E-state index is 14.2. The first kappa shape index (κ1) is 25.3. The molecule has 37 heavy (non-hydrogen) atoms. The summed E-state index contributed by atoms with van der Waals surface area (Å²) in [6, 6.07) is 3.26. The lowest BCUT2D eigenvalue weighted by molar-refractivity contribution is -0.153. The molecule has 2 aromatic rings. The number of amides is 2. The largest absolute Gasteiger partial charge is 0.484 e. The van der Waals surface area contributed by atoms with E-state index in [4.69, 9.17) is 4.74 Å². The molecule has 3 aliphatic rings. The smallest absolute Gasteiger partial charge is 0.422 e. The Bertz CT molecular complexity index is 1150. The number of ether oxygens (including phenoxy) is 2. The Kier molecular flexibility index (Phi) is 6.71. The number of aryl methyl sites for hydroxylation is 1. The van der Waals surface area contributed by atoms with Gasteiger partial charge in [0.05, 0.1) is 11.4 Å². The number of piperidine rings is 1. The van der Waals surface area contributed by atoms with E-state index in [1.807, 2.05) is 4.90 Å². The quantitative estimate of drug-likeness (QED) is 0.602. The highest BCUT2D eigenvalue weighted by molar-refractivity contribution is 5.80. The van der Waals surface area contributed by atoms with Crippen LogP contribution in [0.3, 0.4) is 0 Å². The molecule has 0 saturated carbocycles.